The van der Waals surface area contributed by atoms with Gasteiger partial charge in [0.05, 0.1) is 0 Å². The number of aromatic amines is 1. The molecule has 0 spiro atoms. The lowest BCUT2D eigenvalue weighted by atomic mass is 9.91. The molecule has 4 aromatic rings. The Labute approximate surface area is 209 Å². The van der Waals surface area contributed by atoms with Crippen LogP contribution in [0.15, 0.2) is 90.0 Å². The third-order valence-electron chi connectivity index (χ3n) is 5.79. The van der Waals surface area contributed by atoms with E-state index in [1.165, 1.54) is 0 Å². The molecule has 7 heteroatoms. The molecule has 0 aliphatic rings. The number of carboxylic acids is 1. The van der Waals surface area contributed by atoms with Crippen molar-refractivity contribution in [1.29, 1.82) is 0 Å². The molecule has 4 rings (SSSR count). The fourth-order valence-electron chi connectivity index (χ4n) is 3.99. The zero-order valence-electron chi connectivity index (χ0n) is 18.5. The molecule has 0 fully saturated rings. The lowest BCUT2D eigenvalue weighted by Gasteiger charge is -2.18. The Bertz CT molecular complexity index is 1250. The summed E-state index contributed by atoms with van der Waals surface area (Å²) in [5.74, 6) is -0.181. The fraction of sp³-hybridized carbons (Fsp3) is 0.185. The van der Waals surface area contributed by atoms with E-state index in [-0.39, 0.29) is 5.92 Å². The zero-order chi connectivity index (χ0) is 23.9. The average molecular weight is 492 g/mol. The molecule has 0 radical (unpaired) electrons. The number of aliphatic carboxylic acids is 1. The molecule has 0 aliphatic carbocycles. The van der Waals surface area contributed by atoms with Crippen LogP contribution in [0.25, 0.3) is 0 Å². The third-order valence-corrected chi connectivity index (χ3v) is 6.57. The molecule has 34 heavy (non-hydrogen) atoms. The van der Waals surface area contributed by atoms with Crippen LogP contribution in [0.1, 0.15) is 34.1 Å². The lowest BCUT2D eigenvalue weighted by Crippen LogP contribution is -2.38. The third kappa shape index (κ3) is 6.08. The van der Waals surface area contributed by atoms with Gasteiger partial charge in [0.25, 0.3) is 0 Å². The molecule has 0 amide bonds. The molecule has 0 aliphatic heterocycles. The number of carbonyl (C=O) groups is 1. The number of aromatic nitrogens is 2. The molecule has 1 aromatic heterocycles. The van der Waals surface area contributed by atoms with Gasteiger partial charge in [0.1, 0.15) is 11.9 Å². The molecule has 0 saturated heterocycles. The van der Waals surface area contributed by atoms with Gasteiger partial charge in [-0.15, -0.1) is 12.6 Å². The number of hydrogen-bond acceptors (Lipinski definition) is 4. The van der Waals surface area contributed by atoms with Crippen molar-refractivity contribution < 1.29 is 9.90 Å². The number of nitrogens with zero attached hydrogens (tertiary/aromatic N) is 1. The standard InChI is InChI=1S/C27H26ClN3O2S/c28-23-12-6-4-10-19(23)15-22(21-11-5-7-13-25(21)34)26-30-17-20(31-26)16-29-24(27(32)33)14-18-8-2-1-3-9-18/h1-13,17,22,24,29,34H,14-16H2,(H,30,31)(H,32,33)/t22?,24-/m0/s1. The summed E-state index contributed by atoms with van der Waals surface area (Å²) in [5.41, 5.74) is 3.86. The average Bonchev–Trinajstić information content (AvgIpc) is 3.31. The summed E-state index contributed by atoms with van der Waals surface area (Å²) in [4.78, 5) is 20.7. The Balaban J connectivity index is 1.53. The molecular weight excluding hydrogens is 466 g/mol. The highest BCUT2D eigenvalue weighted by Crippen LogP contribution is 2.32. The Morgan fingerprint density at radius 1 is 1.00 bits per heavy atom. The Hall–Kier alpha value is -3.06. The monoisotopic (exact) mass is 491 g/mol. The van der Waals surface area contributed by atoms with Gasteiger partial charge < -0.3 is 10.1 Å². The number of carboxylic acid groups (broad SMARTS) is 1. The van der Waals surface area contributed by atoms with Gasteiger partial charge in [-0.25, -0.2) is 4.98 Å². The molecule has 0 bridgehead atoms. The maximum atomic E-state index is 11.8. The summed E-state index contributed by atoms with van der Waals surface area (Å²) in [7, 11) is 0. The van der Waals surface area contributed by atoms with Crippen LogP contribution in [0.3, 0.4) is 0 Å². The minimum Gasteiger partial charge on any atom is -0.480 e. The topological polar surface area (TPSA) is 78.0 Å². The van der Waals surface area contributed by atoms with Crippen LogP contribution in [0.4, 0.5) is 0 Å². The predicted molar refractivity (Wildman–Crippen MR) is 138 cm³/mol. The number of nitrogens with one attached hydrogen (secondary N) is 2. The second-order valence-electron chi connectivity index (χ2n) is 8.16. The van der Waals surface area contributed by atoms with Gasteiger partial charge in [-0.3, -0.25) is 10.1 Å². The van der Waals surface area contributed by atoms with Gasteiger partial charge >= 0.3 is 5.97 Å². The molecule has 0 saturated carbocycles. The van der Waals surface area contributed by atoms with E-state index in [0.717, 1.165) is 33.1 Å². The highest BCUT2D eigenvalue weighted by Gasteiger charge is 2.22. The van der Waals surface area contributed by atoms with E-state index in [9.17, 15) is 9.90 Å². The maximum absolute atomic E-state index is 11.8. The summed E-state index contributed by atoms with van der Waals surface area (Å²) in [6, 6.07) is 24.6. The molecule has 5 nitrogen and oxygen atoms in total. The molecule has 1 unspecified atom stereocenters. The van der Waals surface area contributed by atoms with E-state index in [0.29, 0.717) is 24.4 Å². The quantitative estimate of drug-likeness (QED) is 0.220. The van der Waals surface area contributed by atoms with Crippen LogP contribution >= 0.6 is 24.2 Å². The first kappa shape index (κ1) is 24.1. The Morgan fingerprint density at radius 2 is 1.71 bits per heavy atom. The summed E-state index contributed by atoms with van der Waals surface area (Å²) in [6.07, 6.45) is 2.81. The van der Waals surface area contributed by atoms with Crippen molar-refractivity contribution in [2.75, 3.05) is 0 Å². The van der Waals surface area contributed by atoms with Gasteiger partial charge in [-0.05, 0) is 41.7 Å². The molecule has 3 aromatic carbocycles. The number of halogens is 1. The molecule has 3 N–H and O–H groups in total. The summed E-state index contributed by atoms with van der Waals surface area (Å²) in [6.45, 7) is 0.359. The summed E-state index contributed by atoms with van der Waals surface area (Å²) >= 11 is 11.1. The fourth-order valence-corrected chi connectivity index (χ4v) is 4.52. The number of imidazole rings is 1. The number of H-pyrrole nitrogens is 1. The summed E-state index contributed by atoms with van der Waals surface area (Å²) < 4.78 is 0. The van der Waals surface area contributed by atoms with Gasteiger partial charge in [-0.2, -0.15) is 0 Å². The van der Waals surface area contributed by atoms with Crippen molar-refractivity contribution in [3.8, 4) is 0 Å². The molecule has 2 atom stereocenters. The highest BCUT2D eigenvalue weighted by molar-refractivity contribution is 7.80. The Kier molecular flexibility index (Phi) is 8.06. The number of hydrogen-bond donors (Lipinski definition) is 4. The highest BCUT2D eigenvalue weighted by atomic mass is 35.5. The predicted octanol–water partition coefficient (Wildman–Crippen LogP) is 5.51. The maximum Gasteiger partial charge on any atom is 0.321 e. The van der Waals surface area contributed by atoms with Crippen LogP contribution in [0.2, 0.25) is 5.02 Å². The SMILES string of the molecule is O=C(O)[C@H](Cc1ccccc1)NCc1cnc(C(Cc2ccccc2Cl)c2ccccc2S)[nH]1. The van der Waals surface area contributed by atoms with E-state index in [1.54, 1.807) is 6.20 Å². The number of rotatable bonds is 10. The first-order chi connectivity index (χ1) is 16.5. The van der Waals surface area contributed by atoms with E-state index in [4.69, 9.17) is 11.6 Å². The van der Waals surface area contributed by atoms with Crippen LogP contribution in [0.5, 0.6) is 0 Å². The number of thiol groups is 1. The van der Waals surface area contributed by atoms with Crippen molar-refractivity contribution in [3.63, 3.8) is 0 Å². The zero-order valence-corrected chi connectivity index (χ0v) is 20.1. The van der Waals surface area contributed by atoms with Gasteiger partial charge in [0.15, 0.2) is 0 Å². The van der Waals surface area contributed by atoms with Crippen molar-refractivity contribution in [1.82, 2.24) is 15.3 Å². The van der Waals surface area contributed by atoms with Crippen molar-refractivity contribution in [2.45, 2.75) is 36.2 Å². The van der Waals surface area contributed by atoms with Gasteiger partial charge in [0.2, 0.25) is 0 Å². The first-order valence-corrected chi connectivity index (χ1v) is 11.9. The van der Waals surface area contributed by atoms with Crippen molar-refractivity contribution in [3.05, 3.63) is 118 Å². The second-order valence-corrected chi connectivity index (χ2v) is 9.05. The molecular formula is C27H26ClN3O2S. The van der Waals surface area contributed by atoms with Crippen LogP contribution < -0.4 is 5.32 Å². The van der Waals surface area contributed by atoms with E-state index < -0.39 is 12.0 Å². The smallest absolute Gasteiger partial charge is 0.321 e. The van der Waals surface area contributed by atoms with Crippen LogP contribution in [-0.4, -0.2) is 27.1 Å². The largest absolute Gasteiger partial charge is 0.480 e. The molecule has 174 valence electrons. The van der Waals surface area contributed by atoms with E-state index in [1.807, 2.05) is 78.9 Å². The normalized spacial score (nSPS) is 12.9. The Morgan fingerprint density at radius 3 is 2.44 bits per heavy atom. The van der Waals surface area contributed by atoms with E-state index in [2.05, 4.69) is 27.9 Å². The van der Waals surface area contributed by atoms with Crippen LogP contribution in [0, 0.1) is 0 Å². The minimum absolute atomic E-state index is 0.0815. The minimum atomic E-state index is -0.885. The second kappa shape index (κ2) is 11.4. The van der Waals surface area contributed by atoms with Crippen LogP contribution in [-0.2, 0) is 24.2 Å². The first-order valence-electron chi connectivity index (χ1n) is 11.1. The molecule has 1 heterocycles. The summed E-state index contributed by atoms with van der Waals surface area (Å²) in [5, 5.41) is 13.5. The van der Waals surface area contributed by atoms with Crippen molar-refractivity contribution >= 4 is 30.2 Å². The number of benzene rings is 3. The van der Waals surface area contributed by atoms with Crippen molar-refractivity contribution in [2.24, 2.45) is 0 Å². The van der Waals surface area contributed by atoms with Gasteiger partial charge in [-0.1, -0.05) is 78.3 Å². The van der Waals surface area contributed by atoms with E-state index >= 15 is 0 Å². The van der Waals surface area contributed by atoms with Gasteiger partial charge in [0, 0.05) is 34.3 Å². The lowest BCUT2D eigenvalue weighted by molar-refractivity contribution is -0.139.